The van der Waals surface area contributed by atoms with Crippen molar-refractivity contribution in [3.63, 3.8) is 0 Å². The van der Waals surface area contributed by atoms with Crippen LogP contribution in [0.2, 0.25) is 0 Å². The zero-order chi connectivity index (χ0) is 7.72. The first-order valence-electron chi connectivity index (χ1n) is 2.99. The summed E-state index contributed by atoms with van der Waals surface area (Å²) >= 11 is 0. The quantitative estimate of drug-likeness (QED) is 0.352. The van der Waals surface area contributed by atoms with Gasteiger partial charge in [-0.3, -0.25) is 9.59 Å². The Morgan fingerprint density at radius 2 is 1.55 bits per heavy atom. The Labute approximate surface area is 75.9 Å². The van der Waals surface area contributed by atoms with Gasteiger partial charge in [-0.05, 0) is 0 Å². The topological polar surface area (TPSA) is 37.4 Å². The molecule has 4 heteroatoms. The third kappa shape index (κ3) is 1.91. The van der Waals surface area contributed by atoms with E-state index in [0.717, 1.165) is 4.90 Å². The van der Waals surface area contributed by atoms with Crippen LogP contribution >= 0.6 is 0 Å². The van der Waals surface area contributed by atoms with E-state index in [-0.39, 0.29) is 28.9 Å². The molecular weight excluding hydrogens is 194 g/mol. The second kappa shape index (κ2) is 3.69. The Kier molecular flexibility index (Phi) is 3.49. The first-order chi connectivity index (χ1) is 4.63. The Morgan fingerprint density at radius 1 is 1.18 bits per heavy atom. The molecule has 1 heterocycles. The van der Waals surface area contributed by atoms with Gasteiger partial charge >= 0.3 is 17.1 Å². The van der Waals surface area contributed by atoms with E-state index in [2.05, 4.69) is 0 Å². The summed E-state index contributed by atoms with van der Waals surface area (Å²) in [6.07, 6.45) is 2.55. The fraction of sp³-hybridized carbons (Fsp3) is 0.286. The molecule has 0 N–H and O–H groups in total. The molecule has 0 aromatic carbocycles. The van der Waals surface area contributed by atoms with E-state index in [0.29, 0.717) is 6.04 Å². The van der Waals surface area contributed by atoms with Crippen molar-refractivity contribution in [1.29, 1.82) is 0 Å². The van der Waals surface area contributed by atoms with Crippen molar-refractivity contribution >= 4 is 11.8 Å². The summed E-state index contributed by atoms with van der Waals surface area (Å²) in [6.45, 7) is 3.45. The summed E-state index contributed by atoms with van der Waals surface area (Å²) in [5.41, 5.74) is 0. The second-order valence-electron chi connectivity index (χ2n) is 2.29. The number of hydrogen-bond acceptors (Lipinski definition) is 2. The Bertz CT molecular complexity index is 192. The molecule has 0 spiro atoms. The molecule has 0 aromatic heterocycles. The van der Waals surface area contributed by atoms with Crippen LogP contribution < -0.4 is 0 Å². The number of rotatable bonds is 1. The minimum Gasteiger partial charge on any atom is -0.426 e. The van der Waals surface area contributed by atoms with Gasteiger partial charge in [-0.1, -0.05) is 0 Å². The summed E-state index contributed by atoms with van der Waals surface area (Å²) in [7, 11) is 0. The normalized spacial score (nSPS) is 16.1. The van der Waals surface area contributed by atoms with Gasteiger partial charge in [-0.15, -0.1) is 0 Å². The van der Waals surface area contributed by atoms with Gasteiger partial charge in [-0.2, -0.15) is 13.8 Å². The standard InChI is InChI=1S/C7H8NO2.Cu/c1-5(2)8-6(9)3-4-7(8)10;/h3-4H,1-2H3;/q-1;+1. The molecule has 0 atom stereocenters. The third-order valence-corrected chi connectivity index (χ3v) is 1.26. The molecule has 2 amide bonds. The summed E-state index contributed by atoms with van der Waals surface area (Å²) < 4.78 is 0. The molecule has 0 unspecified atom stereocenters. The van der Waals surface area contributed by atoms with Crippen LogP contribution in [-0.2, 0) is 26.7 Å². The average Bonchev–Trinajstić information content (AvgIpc) is 2.11. The fourth-order valence-corrected chi connectivity index (χ4v) is 0.841. The molecule has 0 saturated heterocycles. The van der Waals surface area contributed by atoms with Crippen LogP contribution in [0.3, 0.4) is 0 Å². The minimum atomic E-state index is -0.245. The number of amides is 2. The Balaban J connectivity index is 0.000001000. The van der Waals surface area contributed by atoms with Crippen LogP contribution in [0.1, 0.15) is 13.8 Å². The maximum Gasteiger partial charge on any atom is 1.00 e. The number of carbonyl (C=O) groups is 2. The van der Waals surface area contributed by atoms with Crippen molar-refractivity contribution < 1.29 is 26.7 Å². The average molecular weight is 202 g/mol. The van der Waals surface area contributed by atoms with Crippen molar-refractivity contribution in [1.82, 2.24) is 4.90 Å². The van der Waals surface area contributed by atoms with E-state index in [1.165, 1.54) is 12.2 Å². The number of nitrogens with zero attached hydrogens (tertiary/aromatic N) is 1. The molecule has 1 aliphatic rings. The van der Waals surface area contributed by atoms with Crippen LogP contribution in [-0.4, -0.2) is 16.7 Å². The molecule has 64 valence electrons. The molecular formula is C7H8CuNO2. The summed E-state index contributed by atoms with van der Waals surface area (Å²) in [6, 6.07) is 0.708. The molecule has 3 nitrogen and oxygen atoms in total. The van der Waals surface area contributed by atoms with Gasteiger partial charge in [0.2, 0.25) is 11.8 Å². The van der Waals surface area contributed by atoms with Crippen LogP contribution in [0, 0.1) is 6.04 Å². The summed E-state index contributed by atoms with van der Waals surface area (Å²) in [4.78, 5) is 22.8. The van der Waals surface area contributed by atoms with Gasteiger partial charge in [0.15, 0.2) is 0 Å². The van der Waals surface area contributed by atoms with E-state index in [1.807, 2.05) is 0 Å². The first kappa shape index (κ1) is 10.4. The SMILES string of the molecule is C[C-](C)N1C(=O)C=CC1=O.[Cu+]. The zero-order valence-corrected chi connectivity index (χ0v) is 7.16. The fourth-order valence-electron chi connectivity index (χ4n) is 0.841. The van der Waals surface area contributed by atoms with Crippen molar-refractivity contribution in [2.24, 2.45) is 0 Å². The van der Waals surface area contributed by atoms with Crippen LogP contribution in [0.4, 0.5) is 0 Å². The minimum absolute atomic E-state index is 0. The Hall–Kier alpha value is -0.601. The smallest absolute Gasteiger partial charge is 0.426 e. The molecule has 0 saturated carbocycles. The summed E-state index contributed by atoms with van der Waals surface area (Å²) in [5, 5.41) is 0. The number of carbonyl (C=O) groups excluding carboxylic acids is 2. The maximum atomic E-state index is 10.8. The molecule has 0 aliphatic carbocycles. The molecule has 0 aromatic rings. The van der Waals surface area contributed by atoms with Crippen molar-refractivity contribution in [3.05, 3.63) is 18.2 Å². The van der Waals surface area contributed by atoms with Gasteiger partial charge in [0.1, 0.15) is 0 Å². The molecule has 0 radical (unpaired) electrons. The van der Waals surface area contributed by atoms with Gasteiger partial charge in [0.25, 0.3) is 0 Å². The maximum absolute atomic E-state index is 10.8. The molecule has 11 heavy (non-hydrogen) atoms. The van der Waals surface area contributed by atoms with Crippen LogP contribution in [0.25, 0.3) is 0 Å². The van der Waals surface area contributed by atoms with E-state index >= 15 is 0 Å². The monoisotopic (exact) mass is 201 g/mol. The van der Waals surface area contributed by atoms with E-state index in [9.17, 15) is 9.59 Å². The second-order valence-corrected chi connectivity index (χ2v) is 2.29. The van der Waals surface area contributed by atoms with Gasteiger partial charge < -0.3 is 4.90 Å². The predicted molar refractivity (Wildman–Crippen MR) is 35.6 cm³/mol. The van der Waals surface area contributed by atoms with E-state index in [1.54, 1.807) is 13.8 Å². The molecule has 1 aliphatic heterocycles. The van der Waals surface area contributed by atoms with Gasteiger partial charge in [-0.25, -0.2) is 6.04 Å². The van der Waals surface area contributed by atoms with E-state index in [4.69, 9.17) is 0 Å². The Morgan fingerprint density at radius 3 is 1.73 bits per heavy atom. The van der Waals surface area contributed by atoms with Crippen LogP contribution in [0.15, 0.2) is 12.2 Å². The van der Waals surface area contributed by atoms with Gasteiger partial charge in [0.05, 0.1) is 0 Å². The third-order valence-electron chi connectivity index (χ3n) is 1.26. The number of imide groups is 1. The molecule has 1 rings (SSSR count). The number of hydrogen-bond donors (Lipinski definition) is 0. The van der Waals surface area contributed by atoms with Crippen molar-refractivity contribution in [2.45, 2.75) is 13.8 Å². The van der Waals surface area contributed by atoms with Crippen molar-refractivity contribution in [3.8, 4) is 0 Å². The molecule has 0 bridgehead atoms. The summed E-state index contributed by atoms with van der Waals surface area (Å²) in [5.74, 6) is -0.491. The first-order valence-corrected chi connectivity index (χ1v) is 2.99. The van der Waals surface area contributed by atoms with Crippen LogP contribution in [0.5, 0.6) is 0 Å². The van der Waals surface area contributed by atoms with Gasteiger partial charge in [0, 0.05) is 12.2 Å². The van der Waals surface area contributed by atoms with Crippen molar-refractivity contribution in [2.75, 3.05) is 0 Å². The predicted octanol–water partition coefficient (Wildman–Crippen LogP) is 0.481. The van der Waals surface area contributed by atoms with E-state index < -0.39 is 0 Å². The molecule has 0 fully saturated rings. The zero-order valence-electron chi connectivity index (χ0n) is 6.22. The largest absolute Gasteiger partial charge is 1.00 e.